The molecule has 0 aliphatic rings. The highest BCUT2D eigenvalue weighted by atomic mass is 35.5. The minimum Gasteiger partial charge on any atom is -0.398 e. The van der Waals surface area contributed by atoms with Gasteiger partial charge >= 0.3 is 0 Å². The first-order valence-corrected chi connectivity index (χ1v) is 5.31. The average molecular weight is 273 g/mol. The molecule has 2 rings (SSSR count). The maximum absolute atomic E-state index is 13.1. The van der Waals surface area contributed by atoms with Crippen LogP contribution in [0.5, 0.6) is 0 Å². The highest BCUT2D eigenvalue weighted by molar-refractivity contribution is 6.33. The van der Waals surface area contributed by atoms with E-state index in [1.54, 1.807) is 18.2 Å². The van der Waals surface area contributed by atoms with Crippen molar-refractivity contribution in [1.29, 1.82) is 0 Å². The number of anilines is 3. The van der Waals surface area contributed by atoms with Gasteiger partial charge in [-0.2, -0.15) is 4.39 Å². The van der Waals surface area contributed by atoms with Crippen LogP contribution in [0.15, 0.2) is 24.5 Å². The summed E-state index contributed by atoms with van der Waals surface area (Å²) in [5.41, 5.74) is 6.62. The summed E-state index contributed by atoms with van der Waals surface area (Å²) in [5, 5.41) is 3.03. The highest BCUT2D eigenvalue weighted by Gasteiger charge is 2.09. The van der Waals surface area contributed by atoms with Crippen LogP contribution in [0.1, 0.15) is 0 Å². The van der Waals surface area contributed by atoms with Crippen LogP contribution in [-0.4, -0.2) is 9.97 Å². The van der Waals surface area contributed by atoms with E-state index in [9.17, 15) is 4.39 Å². The van der Waals surface area contributed by atoms with Gasteiger partial charge in [0.1, 0.15) is 11.3 Å². The van der Waals surface area contributed by atoms with E-state index in [-0.39, 0.29) is 10.8 Å². The molecule has 2 aromatic rings. The smallest absolute Gasteiger partial charge is 0.236 e. The number of nitrogens with zero attached hydrogens (tertiary/aromatic N) is 2. The summed E-state index contributed by atoms with van der Waals surface area (Å²) in [4.78, 5) is 7.13. The Bertz CT molecular complexity index is 562. The second kappa shape index (κ2) is 4.73. The Labute approximate surface area is 107 Å². The number of nitrogens with one attached hydrogen (secondary N) is 1. The summed E-state index contributed by atoms with van der Waals surface area (Å²) >= 11 is 11.5. The number of benzene rings is 1. The van der Waals surface area contributed by atoms with Gasteiger partial charge in [-0.1, -0.05) is 23.2 Å². The minimum absolute atomic E-state index is 0.167. The second-order valence-electron chi connectivity index (χ2n) is 3.19. The monoisotopic (exact) mass is 272 g/mol. The summed E-state index contributed by atoms with van der Waals surface area (Å²) in [5.74, 6) is -0.620. The van der Waals surface area contributed by atoms with Crippen LogP contribution in [0.2, 0.25) is 10.0 Å². The van der Waals surface area contributed by atoms with E-state index < -0.39 is 5.95 Å². The zero-order chi connectivity index (χ0) is 12.4. The van der Waals surface area contributed by atoms with Crippen molar-refractivity contribution in [2.24, 2.45) is 0 Å². The van der Waals surface area contributed by atoms with Gasteiger partial charge in [-0.15, -0.1) is 0 Å². The van der Waals surface area contributed by atoms with Crippen LogP contribution in [0, 0.1) is 5.95 Å². The van der Waals surface area contributed by atoms with Crippen molar-refractivity contribution in [2.45, 2.75) is 0 Å². The standard InChI is InChI=1S/C10H7Cl2FN4/c11-6-3-5(1-2-7(6)14)17-10-8(12)9(13)15-4-16-10/h1-4H,14H2,(H,15,16,17). The SMILES string of the molecule is Nc1ccc(Nc2ncnc(F)c2Cl)cc1Cl. The van der Waals surface area contributed by atoms with Gasteiger partial charge in [0.15, 0.2) is 5.82 Å². The van der Waals surface area contributed by atoms with Gasteiger partial charge in [0.05, 0.1) is 10.7 Å². The predicted molar refractivity (Wildman–Crippen MR) is 66.1 cm³/mol. The Morgan fingerprint density at radius 2 is 2.00 bits per heavy atom. The molecule has 0 spiro atoms. The number of halogens is 3. The maximum Gasteiger partial charge on any atom is 0.236 e. The van der Waals surface area contributed by atoms with Gasteiger partial charge in [-0.25, -0.2) is 9.97 Å². The van der Waals surface area contributed by atoms with E-state index in [0.29, 0.717) is 16.4 Å². The lowest BCUT2D eigenvalue weighted by Gasteiger charge is -2.08. The third-order valence-corrected chi connectivity index (χ3v) is 2.67. The lowest BCUT2D eigenvalue weighted by atomic mass is 10.3. The molecule has 1 heterocycles. The van der Waals surface area contributed by atoms with Gasteiger partial charge in [-0.05, 0) is 18.2 Å². The number of nitrogen functional groups attached to an aromatic ring is 1. The van der Waals surface area contributed by atoms with Crippen LogP contribution in [0.3, 0.4) is 0 Å². The van der Waals surface area contributed by atoms with E-state index in [0.717, 1.165) is 6.33 Å². The molecule has 1 aromatic heterocycles. The lowest BCUT2D eigenvalue weighted by Crippen LogP contribution is -1.98. The fourth-order valence-electron chi connectivity index (χ4n) is 1.18. The van der Waals surface area contributed by atoms with Gasteiger partial charge < -0.3 is 11.1 Å². The van der Waals surface area contributed by atoms with Crippen LogP contribution in [-0.2, 0) is 0 Å². The van der Waals surface area contributed by atoms with Crippen LogP contribution in [0.25, 0.3) is 0 Å². The zero-order valence-corrected chi connectivity index (χ0v) is 9.93. The molecule has 0 saturated carbocycles. The van der Waals surface area contributed by atoms with Gasteiger partial charge in [0.2, 0.25) is 5.95 Å². The molecule has 0 fully saturated rings. The number of nitrogens with two attached hydrogens (primary N) is 1. The second-order valence-corrected chi connectivity index (χ2v) is 3.97. The lowest BCUT2D eigenvalue weighted by molar-refractivity contribution is 0.581. The first-order chi connectivity index (χ1) is 8.08. The first kappa shape index (κ1) is 11.9. The molecular formula is C10H7Cl2FN4. The number of hydrogen-bond donors (Lipinski definition) is 2. The van der Waals surface area contributed by atoms with Crippen molar-refractivity contribution < 1.29 is 4.39 Å². The molecule has 0 amide bonds. The minimum atomic E-state index is -0.786. The highest BCUT2D eigenvalue weighted by Crippen LogP contribution is 2.27. The summed E-state index contributed by atoms with van der Waals surface area (Å²) < 4.78 is 13.1. The number of hydrogen-bond acceptors (Lipinski definition) is 4. The molecule has 17 heavy (non-hydrogen) atoms. The Hall–Kier alpha value is -1.59. The molecule has 0 bridgehead atoms. The molecule has 7 heteroatoms. The Morgan fingerprint density at radius 1 is 1.24 bits per heavy atom. The predicted octanol–water partition coefficient (Wildman–Crippen LogP) is 3.25. The quantitative estimate of drug-likeness (QED) is 0.651. The van der Waals surface area contributed by atoms with Crippen LogP contribution < -0.4 is 11.1 Å². The molecule has 88 valence electrons. The maximum atomic E-state index is 13.1. The molecule has 0 aliphatic carbocycles. The summed E-state index contributed by atoms with van der Waals surface area (Å²) in [6.07, 6.45) is 1.07. The molecule has 0 radical (unpaired) electrons. The molecular weight excluding hydrogens is 266 g/mol. The fraction of sp³-hybridized carbons (Fsp3) is 0. The van der Waals surface area contributed by atoms with E-state index in [4.69, 9.17) is 28.9 Å². The van der Waals surface area contributed by atoms with Crippen molar-refractivity contribution >= 4 is 40.4 Å². The van der Waals surface area contributed by atoms with Gasteiger partial charge in [0.25, 0.3) is 0 Å². The van der Waals surface area contributed by atoms with Crippen LogP contribution in [0.4, 0.5) is 21.6 Å². The van der Waals surface area contributed by atoms with Crippen molar-refractivity contribution in [1.82, 2.24) is 9.97 Å². The third-order valence-electron chi connectivity index (χ3n) is 2.01. The van der Waals surface area contributed by atoms with Crippen molar-refractivity contribution in [3.05, 3.63) is 40.5 Å². The van der Waals surface area contributed by atoms with Gasteiger partial charge in [0, 0.05) is 5.69 Å². The molecule has 0 aliphatic heterocycles. The molecule has 1 aromatic carbocycles. The third kappa shape index (κ3) is 2.57. The Balaban J connectivity index is 2.31. The fourth-order valence-corrected chi connectivity index (χ4v) is 1.50. The Morgan fingerprint density at radius 3 is 2.71 bits per heavy atom. The molecule has 3 N–H and O–H groups in total. The summed E-state index contributed by atoms with van der Waals surface area (Å²) in [6, 6.07) is 4.89. The zero-order valence-electron chi connectivity index (χ0n) is 8.42. The number of aromatic nitrogens is 2. The van der Waals surface area contributed by atoms with Crippen molar-refractivity contribution in [3.63, 3.8) is 0 Å². The van der Waals surface area contributed by atoms with Crippen molar-refractivity contribution in [3.8, 4) is 0 Å². The molecule has 0 atom stereocenters. The molecule has 4 nitrogen and oxygen atoms in total. The van der Waals surface area contributed by atoms with E-state index in [1.807, 2.05) is 0 Å². The number of rotatable bonds is 2. The normalized spacial score (nSPS) is 10.3. The van der Waals surface area contributed by atoms with Crippen molar-refractivity contribution in [2.75, 3.05) is 11.1 Å². The summed E-state index contributed by atoms with van der Waals surface area (Å²) in [7, 11) is 0. The molecule has 0 saturated heterocycles. The average Bonchev–Trinajstić information content (AvgIpc) is 2.30. The van der Waals surface area contributed by atoms with E-state index in [1.165, 1.54) is 0 Å². The van der Waals surface area contributed by atoms with Gasteiger partial charge in [-0.3, -0.25) is 0 Å². The molecule has 0 unspecified atom stereocenters. The summed E-state index contributed by atoms with van der Waals surface area (Å²) in [6.45, 7) is 0. The van der Waals surface area contributed by atoms with E-state index in [2.05, 4.69) is 15.3 Å². The first-order valence-electron chi connectivity index (χ1n) is 4.56. The topological polar surface area (TPSA) is 63.8 Å². The van der Waals surface area contributed by atoms with E-state index >= 15 is 0 Å². The Kier molecular flexibility index (Phi) is 3.31. The largest absolute Gasteiger partial charge is 0.398 e. The van der Waals surface area contributed by atoms with Crippen LogP contribution >= 0.6 is 23.2 Å².